The van der Waals surface area contributed by atoms with Gasteiger partial charge in [0.2, 0.25) is 0 Å². The molecule has 0 N–H and O–H groups in total. The van der Waals surface area contributed by atoms with E-state index >= 15 is 0 Å². The molecule has 0 fully saturated rings. The number of hydrogen-bond donors (Lipinski definition) is 0. The molecule has 5 heteroatoms. The number of hydrogen-bond acceptors (Lipinski definition) is 4. The van der Waals surface area contributed by atoms with E-state index in [9.17, 15) is 18.8 Å². The Morgan fingerprint density at radius 1 is 1.24 bits per heavy atom. The van der Waals surface area contributed by atoms with Gasteiger partial charge in [-0.3, -0.25) is 14.4 Å². The van der Waals surface area contributed by atoms with Gasteiger partial charge in [-0.2, -0.15) is 0 Å². The van der Waals surface area contributed by atoms with Crippen LogP contribution in [0.2, 0.25) is 0 Å². The van der Waals surface area contributed by atoms with Crippen LogP contribution in [0.5, 0.6) is 0 Å². The zero-order valence-electron chi connectivity index (χ0n) is 12.0. The number of rotatable bonds is 7. The highest BCUT2D eigenvalue weighted by Crippen LogP contribution is 2.20. The second-order valence-electron chi connectivity index (χ2n) is 4.52. The van der Waals surface area contributed by atoms with E-state index in [-0.39, 0.29) is 35.7 Å². The zero-order chi connectivity index (χ0) is 16.0. The predicted molar refractivity (Wildman–Crippen MR) is 75.3 cm³/mol. The topological polar surface area (TPSA) is 60.4 Å². The minimum Gasteiger partial charge on any atom is -0.466 e. The van der Waals surface area contributed by atoms with E-state index in [1.54, 1.807) is 6.92 Å². The van der Waals surface area contributed by atoms with Crippen LogP contribution in [0.3, 0.4) is 0 Å². The third kappa shape index (κ3) is 4.63. The van der Waals surface area contributed by atoms with Crippen molar-refractivity contribution in [1.29, 1.82) is 0 Å². The normalized spacial score (nSPS) is 11.6. The Labute approximate surface area is 122 Å². The second-order valence-corrected chi connectivity index (χ2v) is 4.52. The van der Waals surface area contributed by atoms with Gasteiger partial charge in [0.05, 0.1) is 12.5 Å². The summed E-state index contributed by atoms with van der Waals surface area (Å²) in [5.74, 6) is -2.88. The van der Waals surface area contributed by atoms with Gasteiger partial charge < -0.3 is 4.74 Å². The quantitative estimate of drug-likeness (QED) is 0.440. The number of halogens is 1. The third-order valence-corrected chi connectivity index (χ3v) is 3.00. The van der Waals surface area contributed by atoms with E-state index in [2.05, 4.69) is 6.58 Å². The van der Waals surface area contributed by atoms with Crippen molar-refractivity contribution in [2.24, 2.45) is 5.92 Å². The summed E-state index contributed by atoms with van der Waals surface area (Å²) >= 11 is 0. The molecule has 1 atom stereocenters. The van der Waals surface area contributed by atoms with Crippen LogP contribution in [-0.2, 0) is 14.3 Å². The van der Waals surface area contributed by atoms with Crippen LogP contribution in [0.1, 0.15) is 30.6 Å². The average molecular weight is 292 g/mol. The summed E-state index contributed by atoms with van der Waals surface area (Å²) in [6.45, 7) is 6.61. The number of carbonyl (C=O) groups excluding carboxylic acids is 3. The summed E-state index contributed by atoms with van der Waals surface area (Å²) in [7, 11) is 0. The maximum Gasteiger partial charge on any atom is 0.313 e. The van der Waals surface area contributed by atoms with Crippen molar-refractivity contribution in [1.82, 2.24) is 0 Å². The summed E-state index contributed by atoms with van der Waals surface area (Å²) in [6.07, 6.45) is -0.233. The minimum absolute atomic E-state index is 0.0314. The molecule has 0 bridgehead atoms. The Balaban J connectivity index is 2.92. The smallest absolute Gasteiger partial charge is 0.313 e. The first-order valence-corrected chi connectivity index (χ1v) is 6.52. The van der Waals surface area contributed by atoms with Gasteiger partial charge in [0, 0.05) is 17.6 Å². The summed E-state index contributed by atoms with van der Waals surface area (Å²) in [5, 5.41) is 0. The molecule has 112 valence electrons. The van der Waals surface area contributed by atoms with Crippen molar-refractivity contribution in [3.8, 4) is 0 Å². The van der Waals surface area contributed by atoms with Crippen LogP contribution in [0.15, 0.2) is 36.4 Å². The van der Waals surface area contributed by atoms with E-state index in [0.29, 0.717) is 0 Å². The van der Waals surface area contributed by atoms with Crippen molar-refractivity contribution in [3.05, 3.63) is 47.8 Å². The molecule has 0 spiro atoms. The summed E-state index contributed by atoms with van der Waals surface area (Å²) in [5.41, 5.74) is 0.297. The van der Waals surface area contributed by atoms with Crippen LogP contribution in [0.25, 0.3) is 0 Å². The summed E-state index contributed by atoms with van der Waals surface area (Å²) < 4.78 is 17.7. The second kappa shape index (κ2) is 7.47. The van der Waals surface area contributed by atoms with Gasteiger partial charge in [-0.1, -0.05) is 6.58 Å². The van der Waals surface area contributed by atoms with Crippen LogP contribution in [-0.4, -0.2) is 24.1 Å². The Hall–Kier alpha value is -2.30. The molecule has 0 saturated carbocycles. The van der Waals surface area contributed by atoms with Crippen molar-refractivity contribution >= 4 is 17.5 Å². The maximum atomic E-state index is 12.8. The standard InChI is InChI=1S/C16H17FO4/c1-4-21-16(20)14(10(2)11(3)18)9-15(19)12-5-7-13(17)8-6-12/h5-8,14H,2,4,9H2,1,3H3/t14-/m1/s1. The highest BCUT2D eigenvalue weighted by Gasteiger charge is 2.28. The van der Waals surface area contributed by atoms with Crippen molar-refractivity contribution in [3.63, 3.8) is 0 Å². The maximum absolute atomic E-state index is 12.8. The summed E-state index contributed by atoms with van der Waals surface area (Å²) in [4.78, 5) is 35.4. The minimum atomic E-state index is -1.01. The number of carbonyl (C=O) groups is 3. The first-order valence-electron chi connectivity index (χ1n) is 6.52. The first kappa shape index (κ1) is 16.8. The Bertz CT molecular complexity index is 560. The fourth-order valence-corrected chi connectivity index (χ4v) is 1.78. The van der Waals surface area contributed by atoms with Crippen molar-refractivity contribution in [2.45, 2.75) is 20.3 Å². The molecule has 1 aromatic rings. The molecule has 1 rings (SSSR count). The molecule has 0 aliphatic carbocycles. The van der Waals surface area contributed by atoms with Crippen LogP contribution in [0, 0.1) is 11.7 Å². The third-order valence-electron chi connectivity index (χ3n) is 3.00. The van der Waals surface area contributed by atoms with Crippen LogP contribution >= 0.6 is 0 Å². The average Bonchev–Trinajstić information content (AvgIpc) is 2.44. The highest BCUT2D eigenvalue weighted by atomic mass is 19.1. The predicted octanol–water partition coefficient (Wildman–Crippen LogP) is 2.72. The molecule has 4 nitrogen and oxygen atoms in total. The Morgan fingerprint density at radius 3 is 2.29 bits per heavy atom. The lowest BCUT2D eigenvalue weighted by Gasteiger charge is -2.15. The van der Waals surface area contributed by atoms with E-state index in [0.717, 1.165) is 12.1 Å². The Kier molecular flexibility index (Phi) is 5.96. The van der Waals surface area contributed by atoms with E-state index < -0.39 is 17.7 Å². The SMILES string of the molecule is C=C(C(C)=O)[C@@H](CC(=O)c1ccc(F)cc1)C(=O)OCC. The molecule has 0 aliphatic rings. The van der Waals surface area contributed by atoms with E-state index in [1.165, 1.54) is 19.1 Å². The molecule has 0 radical (unpaired) electrons. The fourth-order valence-electron chi connectivity index (χ4n) is 1.78. The number of ether oxygens (including phenoxy) is 1. The lowest BCUT2D eigenvalue weighted by molar-refractivity contribution is -0.147. The summed E-state index contributed by atoms with van der Waals surface area (Å²) in [6, 6.07) is 4.98. The lowest BCUT2D eigenvalue weighted by atomic mass is 9.90. The van der Waals surface area contributed by atoms with Gasteiger partial charge >= 0.3 is 5.97 Å². The van der Waals surface area contributed by atoms with Crippen LogP contribution < -0.4 is 0 Å². The van der Waals surface area contributed by atoms with Crippen LogP contribution in [0.4, 0.5) is 4.39 Å². The number of benzene rings is 1. The van der Waals surface area contributed by atoms with Gasteiger partial charge in [0.1, 0.15) is 5.82 Å². The largest absolute Gasteiger partial charge is 0.466 e. The molecule has 0 aromatic heterocycles. The number of Topliss-reactive ketones (excluding diaryl/α,β-unsaturated/α-hetero) is 2. The van der Waals surface area contributed by atoms with Gasteiger partial charge in [0.25, 0.3) is 0 Å². The molecule has 0 amide bonds. The molecule has 0 saturated heterocycles. The fraction of sp³-hybridized carbons (Fsp3) is 0.312. The zero-order valence-corrected chi connectivity index (χ0v) is 12.0. The highest BCUT2D eigenvalue weighted by molar-refractivity contribution is 6.03. The van der Waals surface area contributed by atoms with Gasteiger partial charge in [-0.25, -0.2) is 4.39 Å². The number of esters is 1. The first-order chi connectivity index (χ1) is 9.86. The Morgan fingerprint density at radius 2 is 1.81 bits per heavy atom. The molecular weight excluding hydrogens is 275 g/mol. The van der Waals surface area contributed by atoms with Crippen molar-refractivity contribution < 1.29 is 23.5 Å². The molecule has 21 heavy (non-hydrogen) atoms. The molecule has 0 heterocycles. The monoisotopic (exact) mass is 292 g/mol. The molecule has 1 aromatic carbocycles. The van der Waals surface area contributed by atoms with Gasteiger partial charge in [-0.15, -0.1) is 0 Å². The molecule has 0 aliphatic heterocycles. The molecule has 0 unspecified atom stereocenters. The molecular formula is C16H17FO4. The van der Waals surface area contributed by atoms with Gasteiger partial charge in [-0.05, 0) is 38.1 Å². The van der Waals surface area contributed by atoms with Crippen molar-refractivity contribution in [2.75, 3.05) is 6.61 Å². The van der Waals surface area contributed by atoms with Gasteiger partial charge in [0.15, 0.2) is 11.6 Å². The van der Waals surface area contributed by atoms with E-state index in [1.807, 2.05) is 0 Å². The van der Waals surface area contributed by atoms with E-state index in [4.69, 9.17) is 4.74 Å². The number of ketones is 2. The lowest BCUT2D eigenvalue weighted by Crippen LogP contribution is -2.25.